The average molecular weight is 248 g/mol. The zero-order valence-electron chi connectivity index (χ0n) is 9.94. The molecule has 0 amide bonds. The van der Waals surface area contributed by atoms with Crippen LogP contribution in [-0.2, 0) is 25.1 Å². The summed E-state index contributed by atoms with van der Waals surface area (Å²) in [5.74, 6) is 0.239. The Balaban J connectivity index is 2.29. The molecule has 5 heteroatoms. The second-order valence-corrected chi connectivity index (χ2v) is 6.03. The quantitative estimate of drug-likeness (QED) is 0.687. The maximum atomic E-state index is 11.9. The van der Waals surface area contributed by atoms with E-state index < -0.39 is 10.8 Å². The first kappa shape index (κ1) is 13.6. The van der Waals surface area contributed by atoms with Crippen molar-refractivity contribution in [2.75, 3.05) is 19.5 Å². The third-order valence-electron chi connectivity index (χ3n) is 2.75. The molecule has 3 unspecified atom stereocenters. The van der Waals surface area contributed by atoms with Crippen LogP contribution < -0.4 is 0 Å². The Hall–Kier alpha value is -0.420. The molecule has 94 valence electrons. The number of carbonyl (C=O) groups excluding carboxylic acids is 1. The summed E-state index contributed by atoms with van der Waals surface area (Å²) in [6.07, 6.45) is 3.55. The van der Waals surface area contributed by atoms with Gasteiger partial charge >= 0.3 is 5.97 Å². The van der Waals surface area contributed by atoms with Gasteiger partial charge in [-0.1, -0.05) is 6.92 Å². The molecule has 1 saturated heterocycles. The van der Waals surface area contributed by atoms with Crippen molar-refractivity contribution in [3.8, 4) is 0 Å². The topological polar surface area (TPSA) is 52.6 Å². The highest BCUT2D eigenvalue weighted by molar-refractivity contribution is 7.85. The predicted octanol–water partition coefficient (Wildman–Crippen LogP) is 1.26. The molecule has 0 bridgehead atoms. The molecule has 4 nitrogen and oxygen atoms in total. The van der Waals surface area contributed by atoms with Crippen LogP contribution in [0.25, 0.3) is 0 Å². The summed E-state index contributed by atoms with van der Waals surface area (Å²) >= 11 is 0. The fraction of sp³-hybridized carbons (Fsp3) is 0.909. The minimum absolute atomic E-state index is 0.106. The van der Waals surface area contributed by atoms with E-state index in [2.05, 4.69) is 4.74 Å². The largest absolute Gasteiger partial charge is 0.469 e. The summed E-state index contributed by atoms with van der Waals surface area (Å²) in [5.41, 5.74) is 0. The average Bonchev–Trinajstić information content (AvgIpc) is 2.30. The van der Waals surface area contributed by atoms with Crippen LogP contribution >= 0.6 is 0 Å². The van der Waals surface area contributed by atoms with Crippen molar-refractivity contribution in [1.29, 1.82) is 0 Å². The van der Waals surface area contributed by atoms with E-state index in [0.29, 0.717) is 5.75 Å². The van der Waals surface area contributed by atoms with Gasteiger partial charge in [0, 0.05) is 22.7 Å². The standard InChI is InChI=1S/C11H20O4S/c1-9(7-11(12)14-2)16(13)8-10-5-3-4-6-15-10/h9-10H,3-8H2,1-2H3. The van der Waals surface area contributed by atoms with Gasteiger partial charge in [-0.25, -0.2) is 0 Å². The van der Waals surface area contributed by atoms with Crippen LogP contribution in [0.3, 0.4) is 0 Å². The first-order chi connectivity index (χ1) is 7.63. The maximum absolute atomic E-state index is 11.9. The first-order valence-corrected chi connectivity index (χ1v) is 7.07. The molecule has 0 aromatic heterocycles. The molecule has 0 saturated carbocycles. The van der Waals surface area contributed by atoms with Crippen LogP contribution in [0.4, 0.5) is 0 Å². The number of hydrogen-bond donors (Lipinski definition) is 0. The highest BCUT2D eigenvalue weighted by Crippen LogP contribution is 2.15. The predicted molar refractivity (Wildman–Crippen MR) is 62.7 cm³/mol. The van der Waals surface area contributed by atoms with Crippen molar-refractivity contribution in [3.63, 3.8) is 0 Å². The van der Waals surface area contributed by atoms with E-state index in [0.717, 1.165) is 25.9 Å². The van der Waals surface area contributed by atoms with Crippen LogP contribution in [0.15, 0.2) is 0 Å². The van der Waals surface area contributed by atoms with Crippen molar-refractivity contribution in [2.24, 2.45) is 0 Å². The number of rotatable bonds is 5. The molecule has 0 spiro atoms. The Morgan fingerprint density at radius 3 is 2.88 bits per heavy atom. The Labute approximate surface area is 99.1 Å². The van der Waals surface area contributed by atoms with Gasteiger partial charge < -0.3 is 9.47 Å². The molecule has 1 rings (SSSR count). The number of carbonyl (C=O) groups is 1. The number of esters is 1. The van der Waals surface area contributed by atoms with Gasteiger partial charge in [0.1, 0.15) is 0 Å². The van der Waals surface area contributed by atoms with E-state index in [9.17, 15) is 9.00 Å². The molecule has 0 radical (unpaired) electrons. The van der Waals surface area contributed by atoms with Crippen LogP contribution in [0, 0.1) is 0 Å². The second-order valence-electron chi connectivity index (χ2n) is 4.13. The third-order valence-corrected chi connectivity index (χ3v) is 4.52. The van der Waals surface area contributed by atoms with Crippen molar-refractivity contribution in [2.45, 2.75) is 44.0 Å². The Bertz CT molecular complexity index is 248. The van der Waals surface area contributed by atoms with E-state index in [1.54, 1.807) is 0 Å². The Morgan fingerprint density at radius 1 is 1.56 bits per heavy atom. The van der Waals surface area contributed by atoms with Gasteiger partial charge in [0.15, 0.2) is 0 Å². The molecule has 1 heterocycles. The molecule has 0 aliphatic carbocycles. The molecule has 16 heavy (non-hydrogen) atoms. The SMILES string of the molecule is COC(=O)CC(C)S(=O)CC1CCCCO1. The first-order valence-electron chi connectivity index (χ1n) is 5.69. The Kier molecular flexibility index (Phi) is 5.98. The molecule has 3 atom stereocenters. The van der Waals surface area contributed by atoms with Gasteiger partial charge in [-0.3, -0.25) is 9.00 Å². The van der Waals surface area contributed by atoms with Gasteiger partial charge in [-0.2, -0.15) is 0 Å². The number of hydrogen-bond acceptors (Lipinski definition) is 4. The molecule has 0 aromatic carbocycles. The molecular formula is C11H20O4S. The highest BCUT2D eigenvalue weighted by atomic mass is 32.2. The van der Waals surface area contributed by atoms with E-state index in [1.807, 2.05) is 6.92 Å². The van der Waals surface area contributed by atoms with Gasteiger partial charge in [-0.05, 0) is 19.3 Å². The summed E-state index contributed by atoms with van der Waals surface area (Å²) in [5, 5.41) is -0.155. The summed E-state index contributed by atoms with van der Waals surface area (Å²) < 4.78 is 22.0. The zero-order valence-corrected chi connectivity index (χ0v) is 10.8. The summed E-state index contributed by atoms with van der Waals surface area (Å²) in [7, 11) is 0.339. The summed E-state index contributed by atoms with van der Waals surface area (Å²) in [4.78, 5) is 11.0. The van der Waals surface area contributed by atoms with E-state index in [4.69, 9.17) is 4.74 Å². The van der Waals surface area contributed by atoms with Crippen LogP contribution in [0.5, 0.6) is 0 Å². The Morgan fingerprint density at radius 2 is 2.31 bits per heavy atom. The van der Waals surface area contributed by atoms with Gasteiger partial charge in [0.2, 0.25) is 0 Å². The lowest BCUT2D eigenvalue weighted by molar-refractivity contribution is -0.140. The van der Waals surface area contributed by atoms with Crippen LogP contribution in [0.2, 0.25) is 0 Å². The molecule has 1 aliphatic heterocycles. The lowest BCUT2D eigenvalue weighted by Gasteiger charge is -2.23. The fourth-order valence-corrected chi connectivity index (χ4v) is 2.98. The van der Waals surface area contributed by atoms with Gasteiger partial charge in [-0.15, -0.1) is 0 Å². The van der Waals surface area contributed by atoms with E-state index in [-0.39, 0.29) is 23.7 Å². The molecule has 1 aliphatic rings. The highest BCUT2D eigenvalue weighted by Gasteiger charge is 2.21. The molecular weight excluding hydrogens is 228 g/mol. The van der Waals surface area contributed by atoms with Gasteiger partial charge in [0.05, 0.1) is 25.4 Å². The van der Waals surface area contributed by atoms with Crippen molar-refractivity contribution in [1.82, 2.24) is 0 Å². The minimum atomic E-state index is -1.01. The van der Waals surface area contributed by atoms with Crippen molar-refractivity contribution >= 4 is 16.8 Å². The van der Waals surface area contributed by atoms with Gasteiger partial charge in [0.25, 0.3) is 0 Å². The smallest absolute Gasteiger partial charge is 0.306 e. The summed E-state index contributed by atoms with van der Waals surface area (Å²) in [6.45, 7) is 2.59. The lowest BCUT2D eigenvalue weighted by Crippen LogP contribution is -2.29. The molecule has 0 N–H and O–H groups in total. The normalized spacial score (nSPS) is 24.8. The minimum Gasteiger partial charge on any atom is -0.469 e. The molecule has 1 fully saturated rings. The maximum Gasteiger partial charge on any atom is 0.306 e. The van der Waals surface area contributed by atoms with Crippen molar-refractivity contribution < 1.29 is 18.5 Å². The van der Waals surface area contributed by atoms with Crippen LogP contribution in [0.1, 0.15) is 32.6 Å². The molecule has 0 aromatic rings. The second kappa shape index (κ2) is 7.01. The number of ether oxygens (including phenoxy) is 2. The lowest BCUT2D eigenvalue weighted by atomic mass is 10.1. The number of methoxy groups -OCH3 is 1. The summed E-state index contributed by atoms with van der Waals surface area (Å²) in [6, 6.07) is 0. The van der Waals surface area contributed by atoms with Crippen LogP contribution in [-0.4, -0.2) is 41.0 Å². The fourth-order valence-electron chi connectivity index (χ4n) is 1.70. The monoisotopic (exact) mass is 248 g/mol. The van der Waals surface area contributed by atoms with Crippen molar-refractivity contribution in [3.05, 3.63) is 0 Å². The van der Waals surface area contributed by atoms with E-state index in [1.165, 1.54) is 7.11 Å². The third kappa shape index (κ3) is 4.61. The van der Waals surface area contributed by atoms with E-state index >= 15 is 0 Å². The zero-order chi connectivity index (χ0) is 12.0.